The number of fused-ring (bicyclic) bond motifs is 1. The van der Waals surface area contributed by atoms with Crippen LogP contribution in [0.4, 0.5) is 4.39 Å². The lowest BCUT2D eigenvalue weighted by molar-refractivity contribution is -0.139. The van der Waals surface area contributed by atoms with E-state index in [0.29, 0.717) is 35.5 Å². The van der Waals surface area contributed by atoms with Crippen LogP contribution in [0.25, 0.3) is 22.7 Å². The van der Waals surface area contributed by atoms with E-state index >= 15 is 0 Å². The maximum atomic E-state index is 14.2. The maximum Gasteiger partial charge on any atom is 0.341 e. The number of rotatable bonds is 9. The smallest absolute Gasteiger partial charge is 0.341 e. The van der Waals surface area contributed by atoms with Crippen LogP contribution < -0.4 is 14.2 Å². The molecule has 182 valence electrons. The minimum Gasteiger partial charge on any atom is -0.481 e. The molecule has 11 heteroatoms. The summed E-state index contributed by atoms with van der Waals surface area (Å²) in [6.45, 7) is 5.43. The van der Waals surface area contributed by atoms with Gasteiger partial charge in [-0.1, -0.05) is 18.5 Å². The van der Waals surface area contributed by atoms with E-state index in [0.717, 1.165) is 6.07 Å². The summed E-state index contributed by atoms with van der Waals surface area (Å²) in [5.74, 6) is -1.02. The molecule has 0 aliphatic heterocycles. The molecule has 4 rings (SSSR count). The highest BCUT2D eigenvalue weighted by Crippen LogP contribution is 2.34. The molecular weight excluding hydrogens is 481 g/mol. The Hall–Kier alpha value is -3.92. The van der Waals surface area contributed by atoms with E-state index in [2.05, 4.69) is 15.0 Å². The summed E-state index contributed by atoms with van der Waals surface area (Å²) in [4.78, 5) is 23.8. The Bertz CT molecular complexity index is 1380. The van der Waals surface area contributed by atoms with Crippen molar-refractivity contribution in [3.05, 3.63) is 52.3 Å². The second kappa shape index (κ2) is 10.1. The van der Waals surface area contributed by atoms with Crippen LogP contribution in [0, 0.1) is 19.7 Å². The van der Waals surface area contributed by atoms with Gasteiger partial charge in [-0.15, -0.1) is 0 Å². The first kappa shape index (κ1) is 24.2. The molecule has 35 heavy (non-hydrogen) atoms. The van der Waals surface area contributed by atoms with E-state index in [4.69, 9.17) is 35.3 Å². The molecule has 0 saturated carbocycles. The minimum atomic E-state index is -1.07. The van der Waals surface area contributed by atoms with E-state index in [1.54, 1.807) is 26.0 Å². The Morgan fingerprint density at radius 2 is 1.86 bits per heavy atom. The first-order valence-corrected chi connectivity index (χ1v) is 11.0. The number of nitrogens with zero attached hydrogens (tertiary/aromatic N) is 3. The van der Waals surface area contributed by atoms with Gasteiger partial charge in [-0.25, -0.2) is 14.2 Å². The number of aromatic nitrogens is 3. The Kier molecular flexibility index (Phi) is 7.02. The van der Waals surface area contributed by atoms with Crippen molar-refractivity contribution in [1.82, 2.24) is 15.0 Å². The number of oxazole rings is 1. The molecule has 9 nitrogen and oxygen atoms in total. The van der Waals surface area contributed by atoms with Crippen LogP contribution in [0.1, 0.15) is 24.5 Å². The summed E-state index contributed by atoms with van der Waals surface area (Å²) < 4.78 is 36.7. The number of halogens is 2. The molecule has 0 bridgehead atoms. The van der Waals surface area contributed by atoms with Crippen LogP contribution >= 0.6 is 11.6 Å². The third-order valence-corrected chi connectivity index (χ3v) is 5.03. The quantitative estimate of drug-likeness (QED) is 0.306. The highest BCUT2D eigenvalue weighted by atomic mass is 35.5. The fraction of sp³-hybridized carbons (Fsp3) is 0.250. The molecule has 2 heterocycles. The van der Waals surface area contributed by atoms with Gasteiger partial charge in [-0.3, -0.25) is 0 Å². The van der Waals surface area contributed by atoms with Crippen molar-refractivity contribution < 1.29 is 32.9 Å². The summed E-state index contributed by atoms with van der Waals surface area (Å²) >= 11 is 5.80. The van der Waals surface area contributed by atoms with Crippen LogP contribution in [0.15, 0.2) is 34.7 Å². The summed E-state index contributed by atoms with van der Waals surface area (Å²) in [5.41, 5.74) is 2.40. The first-order valence-electron chi connectivity index (χ1n) is 10.7. The largest absolute Gasteiger partial charge is 0.481 e. The number of benzene rings is 2. The van der Waals surface area contributed by atoms with E-state index in [1.807, 2.05) is 6.92 Å². The predicted molar refractivity (Wildman–Crippen MR) is 125 cm³/mol. The summed E-state index contributed by atoms with van der Waals surface area (Å²) in [6, 6.07) is 7.30. The number of carboxylic acid groups (broad SMARTS) is 1. The third kappa shape index (κ3) is 5.43. The van der Waals surface area contributed by atoms with Crippen LogP contribution in [-0.2, 0) is 4.79 Å². The molecule has 0 spiro atoms. The number of carboxylic acids is 1. The molecular formula is C24H21ClFN3O6. The van der Waals surface area contributed by atoms with Crippen LogP contribution in [0.2, 0.25) is 5.02 Å². The van der Waals surface area contributed by atoms with Gasteiger partial charge in [-0.05, 0) is 61.7 Å². The molecule has 0 aliphatic rings. The average Bonchev–Trinajstić information content (AvgIpc) is 3.23. The van der Waals surface area contributed by atoms with Gasteiger partial charge in [0, 0.05) is 10.6 Å². The summed E-state index contributed by atoms with van der Waals surface area (Å²) in [6.07, 6.45) is 0.717. The monoisotopic (exact) mass is 501 g/mol. The van der Waals surface area contributed by atoms with Crippen molar-refractivity contribution >= 4 is 28.8 Å². The van der Waals surface area contributed by atoms with Crippen molar-refractivity contribution in [2.75, 3.05) is 13.2 Å². The lowest BCUT2D eigenvalue weighted by Gasteiger charge is -2.11. The molecule has 0 amide bonds. The second-order valence-corrected chi connectivity index (χ2v) is 8.07. The third-order valence-electron chi connectivity index (χ3n) is 4.79. The molecule has 0 aliphatic carbocycles. The van der Waals surface area contributed by atoms with Gasteiger partial charge in [0.2, 0.25) is 5.89 Å². The number of hydrogen-bond acceptors (Lipinski definition) is 8. The number of carbonyl (C=O) groups is 1. The van der Waals surface area contributed by atoms with Gasteiger partial charge >= 0.3 is 12.0 Å². The summed E-state index contributed by atoms with van der Waals surface area (Å²) in [7, 11) is 0. The lowest BCUT2D eigenvalue weighted by Crippen LogP contribution is -2.10. The van der Waals surface area contributed by atoms with E-state index in [1.165, 1.54) is 12.1 Å². The zero-order valence-corrected chi connectivity index (χ0v) is 19.9. The van der Waals surface area contributed by atoms with Crippen molar-refractivity contribution in [2.24, 2.45) is 0 Å². The van der Waals surface area contributed by atoms with Gasteiger partial charge in [0.25, 0.3) is 11.6 Å². The normalized spacial score (nSPS) is 11.0. The zero-order valence-electron chi connectivity index (χ0n) is 19.1. The van der Waals surface area contributed by atoms with Crippen LogP contribution in [-0.4, -0.2) is 39.2 Å². The van der Waals surface area contributed by atoms with Crippen molar-refractivity contribution in [2.45, 2.75) is 27.2 Å². The molecule has 0 saturated heterocycles. The first-order chi connectivity index (χ1) is 16.7. The standard InChI is InChI=1S/C24H21ClFN3O6/c1-4-7-32-22-19-23(29-24(28-22)34-17-6-5-15(25)10-16(17)26)35-21(27-19)14-8-12(2)20(13(3)9-14)33-11-18(30)31/h5-6,8-10H,4,7,11H2,1-3H3,(H,30,31). The molecule has 0 radical (unpaired) electrons. The van der Waals surface area contributed by atoms with Gasteiger partial charge in [0.05, 0.1) is 6.61 Å². The fourth-order valence-corrected chi connectivity index (χ4v) is 3.50. The van der Waals surface area contributed by atoms with Gasteiger partial charge in [0.15, 0.2) is 23.7 Å². The van der Waals surface area contributed by atoms with Crippen molar-refractivity contribution in [1.29, 1.82) is 0 Å². The molecule has 1 N–H and O–H groups in total. The molecule has 2 aromatic carbocycles. The van der Waals surface area contributed by atoms with Gasteiger partial charge < -0.3 is 23.7 Å². The number of ether oxygens (including phenoxy) is 3. The molecule has 0 fully saturated rings. The minimum absolute atomic E-state index is 0.0898. The Morgan fingerprint density at radius 3 is 2.51 bits per heavy atom. The Labute approximate surface area is 204 Å². The number of hydrogen-bond donors (Lipinski definition) is 1. The number of aryl methyl sites for hydroxylation is 2. The van der Waals surface area contributed by atoms with Crippen LogP contribution in [0.3, 0.4) is 0 Å². The second-order valence-electron chi connectivity index (χ2n) is 7.63. The maximum absolute atomic E-state index is 14.2. The Morgan fingerprint density at radius 1 is 1.11 bits per heavy atom. The molecule has 0 atom stereocenters. The zero-order chi connectivity index (χ0) is 25.1. The molecule has 2 aromatic heterocycles. The highest BCUT2D eigenvalue weighted by molar-refractivity contribution is 6.30. The van der Waals surface area contributed by atoms with Crippen molar-refractivity contribution in [3.8, 4) is 34.8 Å². The average molecular weight is 502 g/mol. The predicted octanol–water partition coefficient (Wildman–Crippen LogP) is 5.74. The lowest BCUT2D eigenvalue weighted by atomic mass is 10.1. The SMILES string of the molecule is CCCOc1nc(Oc2ccc(Cl)cc2F)nc2oc(-c3cc(C)c(OCC(=O)O)c(C)c3)nc12. The number of aliphatic carboxylic acids is 1. The topological polar surface area (TPSA) is 117 Å². The fourth-order valence-electron chi connectivity index (χ4n) is 3.34. The summed E-state index contributed by atoms with van der Waals surface area (Å²) in [5, 5.41) is 9.11. The van der Waals surface area contributed by atoms with E-state index < -0.39 is 18.4 Å². The molecule has 0 unspecified atom stereocenters. The van der Waals surface area contributed by atoms with Crippen LogP contribution in [0.5, 0.6) is 23.4 Å². The highest BCUT2D eigenvalue weighted by Gasteiger charge is 2.20. The Balaban J connectivity index is 1.73. The van der Waals surface area contributed by atoms with E-state index in [9.17, 15) is 9.18 Å². The van der Waals surface area contributed by atoms with Gasteiger partial charge in [-0.2, -0.15) is 9.97 Å². The van der Waals surface area contributed by atoms with Crippen molar-refractivity contribution in [3.63, 3.8) is 0 Å². The van der Waals surface area contributed by atoms with Gasteiger partial charge in [0.1, 0.15) is 5.75 Å². The molecule has 4 aromatic rings. The van der Waals surface area contributed by atoms with E-state index in [-0.39, 0.29) is 39.8 Å².